The molecule has 0 radical (unpaired) electrons. The summed E-state index contributed by atoms with van der Waals surface area (Å²) >= 11 is 1.59. The number of carbonyl (C=O) groups excluding carboxylic acids is 1. The molecule has 0 saturated heterocycles. The molecule has 0 N–H and O–H groups in total. The summed E-state index contributed by atoms with van der Waals surface area (Å²) in [6, 6.07) is 23.8. The SMILES string of the molecule is O=C1c2ccccc2S[C@H](c2ccc([N+](=O)[O-])cc2)N1Cc1ccccc1. The maximum atomic E-state index is 13.2. The van der Waals surface area contributed by atoms with Gasteiger partial charge < -0.3 is 4.90 Å². The third-order valence-electron chi connectivity index (χ3n) is 4.48. The third kappa shape index (κ3) is 3.44. The average Bonchev–Trinajstić information content (AvgIpc) is 2.71. The summed E-state index contributed by atoms with van der Waals surface area (Å²) in [5.74, 6) is -0.0310. The van der Waals surface area contributed by atoms with E-state index in [-0.39, 0.29) is 17.0 Å². The first kappa shape index (κ1) is 17.3. The van der Waals surface area contributed by atoms with Crippen LogP contribution in [-0.4, -0.2) is 15.7 Å². The van der Waals surface area contributed by atoms with Crippen molar-refractivity contribution in [3.8, 4) is 0 Å². The normalized spacial score (nSPS) is 16.1. The van der Waals surface area contributed by atoms with Crippen molar-refractivity contribution in [3.63, 3.8) is 0 Å². The molecule has 1 amide bonds. The Kier molecular flexibility index (Phi) is 4.64. The van der Waals surface area contributed by atoms with E-state index in [1.54, 1.807) is 23.9 Å². The van der Waals surface area contributed by atoms with Gasteiger partial charge in [-0.25, -0.2) is 0 Å². The van der Waals surface area contributed by atoms with E-state index in [0.717, 1.165) is 16.0 Å². The van der Waals surface area contributed by atoms with E-state index in [4.69, 9.17) is 0 Å². The lowest BCUT2D eigenvalue weighted by Gasteiger charge is -2.36. The summed E-state index contributed by atoms with van der Waals surface area (Å²) in [4.78, 5) is 26.5. The zero-order valence-electron chi connectivity index (χ0n) is 14.3. The fourth-order valence-corrected chi connectivity index (χ4v) is 4.41. The lowest BCUT2D eigenvalue weighted by molar-refractivity contribution is -0.384. The first-order chi connectivity index (χ1) is 13.1. The molecule has 0 bridgehead atoms. The van der Waals surface area contributed by atoms with Crippen molar-refractivity contribution in [3.05, 3.63) is 106 Å². The minimum Gasteiger partial charge on any atom is -0.318 e. The number of nitro groups is 1. The Morgan fingerprint density at radius 2 is 1.59 bits per heavy atom. The van der Waals surface area contributed by atoms with Crippen molar-refractivity contribution in [2.45, 2.75) is 16.8 Å². The van der Waals surface area contributed by atoms with E-state index < -0.39 is 4.92 Å². The first-order valence-corrected chi connectivity index (χ1v) is 9.36. The molecule has 3 aromatic rings. The van der Waals surface area contributed by atoms with Crippen LogP contribution in [0, 0.1) is 10.1 Å². The van der Waals surface area contributed by atoms with Crippen LogP contribution < -0.4 is 0 Å². The molecule has 1 aliphatic rings. The molecule has 134 valence electrons. The molecule has 0 aliphatic carbocycles. The Balaban J connectivity index is 1.74. The number of amides is 1. The van der Waals surface area contributed by atoms with Crippen LogP contribution in [0.3, 0.4) is 0 Å². The molecule has 0 spiro atoms. The number of nitro benzene ring substituents is 1. The highest BCUT2D eigenvalue weighted by atomic mass is 32.2. The lowest BCUT2D eigenvalue weighted by atomic mass is 10.1. The van der Waals surface area contributed by atoms with Gasteiger partial charge >= 0.3 is 0 Å². The molecule has 0 aromatic heterocycles. The van der Waals surface area contributed by atoms with Crippen LogP contribution in [0.4, 0.5) is 5.69 Å². The molecule has 0 saturated carbocycles. The van der Waals surface area contributed by atoms with Gasteiger partial charge in [-0.1, -0.05) is 54.2 Å². The summed E-state index contributed by atoms with van der Waals surface area (Å²) in [6.45, 7) is 0.475. The van der Waals surface area contributed by atoms with Crippen molar-refractivity contribution < 1.29 is 9.72 Å². The molecule has 3 aromatic carbocycles. The largest absolute Gasteiger partial charge is 0.318 e. The third-order valence-corrected chi connectivity index (χ3v) is 5.84. The summed E-state index contributed by atoms with van der Waals surface area (Å²) < 4.78 is 0. The van der Waals surface area contributed by atoms with Crippen LogP contribution in [0.5, 0.6) is 0 Å². The van der Waals surface area contributed by atoms with Gasteiger partial charge in [0.2, 0.25) is 0 Å². The molecule has 1 atom stereocenters. The molecule has 6 heteroatoms. The highest BCUT2D eigenvalue weighted by molar-refractivity contribution is 7.99. The van der Waals surface area contributed by atoms with E-state index in [0.29, 0.717) is 12.1 Å². The lowest BCUT2D eigenvalue weighted by Crippen LogP contribution is -2.36. The van der Waals surface area contributed by atoms with Gasteiger partial charge in [0.05, 0.1) is 10.5 Å². The molecule has 1 aliphatic heterocycles. The van der Waals surface area contributed by atoms with Crippen LogP contribution in [0.15, 0.2) is 83.8 Å². The second-order valence-electron chi connectivity index (χ2n) is 6.23. The summed E-state index contributed by atoms with van der Waals surface area (Å²) in [7, 11) is 0. The van der Waals surface area contributed by atoms with Crippen molar-refractivity contribution in [1.82, 2.24) is 4.90 Å². The minimum atomic E-state index is -0.417. The van der Waals surface area contributed by atoms with Gasteiger partial charge in [0.1, 0.15) is 5.37 Å². The van der Waals surface area contributed by atoms with E-state index in [9.17, 15) is 14.9 Å². The second-order valence-corrected chi connectivity index (χ2v) is 7.36. The average molecular weight is 376 g/mol. The molecule has 0 unspecified atom stereocenters. The predicted octanol–water partition coefficient (Wildman–Crippen LogP) is 5.04. The Hall–Kier alpha value is -3.12. The van der Waals surface area contributed by atoms with Crippen molar-refractivity contribution in [2.24, 2.45) is 0 Å². The number of nitrogens with zero attached hydrogens (tertiary/aromatic N) is 2. The highest BCUT2D eigenvalue weighted by Gasteiger charge is 2.34. The van der Waals surface area contributed by atoms with Crippen molar-refractivity contribution in [1.29, 1.82) is 0 Å². The first-order valence-electron chi connectivity index (χ1n) is 8.48. The minimum absolute atomic E-state index is 0.0310. The number of non-ortho nitro benzene ring substituents is 1. The van der Waals surface area contributed by atoms with Gasteiger partial charge in [0.25, 0.3) is 11.6 Å². The van der Waals surface area contributed by atoms with Crippen LogP contribution in [0.25, 0.3) is 0 Å². The fourth-order valence-electron chi connectivity index (χ4n) is 3.13. The number of carbonyl (C=O) groups is 1. The van der Waals surface area contributed by atoms with Gasteiger partial charge in [0, 0.05) is 23.6 Å². The van der Waals surface area contributed by atoms with Gasteiger partial charge in [-0.05, 0) is 35.4 Å². The standard InChI is InChI=1S/C21H16N2O3S/c24-20-18-8-4-5-9-19(18)27-21(16-10-12-17(13-11-16)23(25)26)22(20)14-15-6-2-1-3-7-15/h1-13,21H,14H2/t21-/m1/s1. The van der Waals surface area contributed by atoms with Gasteiger partial charge in [-0.15, -0.1) is 0 Å². The molecular weight excluding hydrogens is 360 g/mol. The van der Waals surface area contributed by atoms with Gasteiger partial charge in [0.15, 0.2) is 0 Å². The number of fused-ring (bicyclic) bond motifs is 1. The van der Waals surface area contributed by atoms with E-state index in [1.165, 1.54) is 12.1 Å². The molecule has 1 heterocycles. The Morgan fingerprint density at radius 1 is 0.926 bits per heavy atom. The zero-order valence-corrected chi connectivity index (χ0v) is 15.1. The maximum Gasteiger partial charge on any atom is 0.269 e. The van der Waals surface area contributed by atoms with E-state index in [1.807, 2.05) is 59.5 Å². The number of thioether (sulfide) groups is 1. The van der Waals surface area contributed by atoms with Crippen LogP contribution in [0.2, 0.25) is 0 Å². The number of benzene rings is 3. The number of rotatable bonds is 4. The molecular formula is C21H16N2O3S. The quantitative estimate of drug-likeness (QED) is 0.473. The summed E-state index contributed by atoms with van der Waals surface area (Å²) in [6.07, 6.45) is 0. The van der Waals surface area contributed by atoms with Gasteiger partial charge in [-0.3, -0.25) is 14.9 Å². The zero-order chi connectivity index (χ0) is 18.8. The monoisotopic (exact) mass is 376 g/mol. The summed E-state index contributed by atoms with van der Waals surface area (Å²) in [5, 5.41) is 10.7. The van der Waals surface area contributed by atoms with Crippen molar-refractivity contribution in [2.75, 3.05) is 0 Å². The topological polar surface area (TPSA) is 63.4 Å². The van der Waals surface area contributed by atoms with Gasteiger partial charge in [-0.2, -0.15) is 0 Å². The Morgan fingerprint density at radius 3 is 2.30 bits per heavy atom. The highest BCUT2D eigenvalue weighted by Crippen LogP contribution is 2.45. The fraction of sp³-hybridized carbons (Fsp3) is 0.0952. The smallest absolute Gasteiger partial charge is 0.269 e. The molecule has 4 rings (SSSR count). The Bertz CT molecular complexity index is 990. The predicted molar refractivity (Wildman–Crippen MR) is 104 cm³/mol. The van der Waals surface area contributed by atoms with Crippen LogP contribution in [0.1, 0.15) is 26.9 Å². The molecule has 5 nitrogen and oxygen atoms in total. The number of hydrogen-bond acceptors (Lipinski definition) is 4. The maximum absolute atomic E-state index is 13.2. The van der Waals surface area contributed by atoms with E-state index in [2.05, 4.69) is 0 Å². The number of hydrogen-bond donors (Lipinski definition) is 0. The van der Waals surface area contributed by atoms with E-state index >= 15 is 0 Å². The van der Waals surface area contributed by atoms with Crippen LogP contribution >= 0.6 is 11.8 Å². The Labute approximate surface area is 160 Å². The second kappa shape index (κ2) is 7.25. The van der Waals surface area contributed by atoms with Crippen LogP contribution in [-0.2, 0) is 6.54 Å². The molecule has 27 heavy (non-hydrogen) atoms. The van der Waals surface area contributed by atoms with Crippen molar-refractivity contribution >= 4 is 23.4 Å². The molecule has 0 fully saturated rings. The summed E-state index contributed by atoms with van der Waals surface area (Å²) in [5.41, 5.74) is 2.64.